The highest BCUT2D eigenvalue weighted by Crippen LogP contribution is 2.65. The van der Waals surface area contributed by atoms with Gasteiger partial charge < -0.3 is 9.84 Å². The van der Waals surface area contributed by atoms with Crippen LogP contribution in [-0.4, -0.2) is 23.9 Å². The maximum absolute atomic E-state index is 10.4. The van der Waals surface area contributed by atoms with Gasteiger partial charge in [-0.05, 0) is 61.2 Å². The Morgan fingerprint density at radius 2 is 1.78 bits per heavy atom. The summed E-state index contributed by atoms with van der Waals surface area (Å²) < 4.78 is 6.06. The molecule has 0 aromatic heterocycles. The van der Waals surface area contributed by atoms with Gasteiger partial charge in [0.2, 0.25) is 0 Å². The van der Waals surface area contributed by atoms with Crippen molar-refractivity contribution in [2.24, 2.45) is 22.7 Å². The van der Waals surface area contributed by atoms with E-state index in [0.717, 1.165) is 31.1 Å². The summed E-state index contributed by atoms with van der Waals surface area (Å²) in [4.78, 5) is 0. The molecule has 18 heavy (non-hydrogen) atoms. The van der Waals surface area contributed by atoms with Crippen LogP contribution >= 0.6 is 0 Å². The van der Waals surface area contributed by atoms with Crippen LogP contribution in [0.2, 0.25) is 0 Å². The quantitative estimate of drug-likeness (QED) is 0.775. The summed E-state index contributed by atoms with van der Waals surface area (Å²) in [7, 11) is 1.89. The van der Waals surface area contributed by atoms with Crippen molar-refractivity contribution >= 4 is 0 Å². The predicted octanol–water partition coefficient (Wildman–Crippen LogP) is 3.38. The molecular formula is C16H28O2. The SMILES string of the molecule is COC12CCC(O)C(C)(CCC3C1CC3(C)C)C2. The van der Waals surface area contributed by atoms with Gasteiger partial charge in [0, 0.05) is 7.11 Å². The lowest BCUT2D eigenvalue weighted by molar-refractivity contribution is -0.192. The third kappa shape index (κ3) is 1.54. The van der Waals surface area contributed by atoms with E-state index in [2.05, 4.69) is 20.8 Å². The number of fused-ring (bicyclic) bond motifs is 4. The first-order chi connectivity index (χ1) is 8.33. The molecule has 104 valence electrons. The molecular weight excluding hydrogens is 224 g/mol. The van der Waals surface area contributed by atoms with Gasteiger partial charge >= 0.3 is 0 Å². The molecule has 2 heteroatoms. The molecule has 0 aliphatic heterocycles. The average Bonchev–Trinajstić information content (AvgIpc) is 2.39. The molecule has 5 unspecified atom stereocenters. The highest BCUT2D eigenvalue weighted by atomic mass is 16.5. The van der Waals surface area contributed by atoms with Gasteiger partial charge in [-0.25, -0.2) is 0 Å². The van der Waals surface area contributed by atoms with E-state index in [0.29, 0.717) is 5.41 Å². The van der Waals surface area contributed by atoms with E-state index in [1.165, 1.54) is 19.3 Å². The molecule has 3 aliphatic rings. The maximum atomic E-state index is 10.4. The number of aliphatic hydroxyl groups excluding tert-OH is 1. The first-order valence-electron chi connectivity index (χ1n) is 7.56. The lowest BCUT2D eigenvalue weighted by atomic mass is 9.49. The van der Waals surface area contributed by atoms with Crippen molar-refractivity contribution in [2.45, 2.75) is 71.0 Å². The Kier molecular flexibility index (Phi) is 2.68. The van der Waals surface area contributed by atoms with Crippen LogP contribution in [0.1, 0.15) is 59.3 Å². The number of ether oxygens (including phenoxy) is 1. The Hall–Kier alpha value is -0.0800. The number of hydrogen-bond acceptors (Lipinski definition) is 2. The number of aliphatic hydroxyl groups is 1. The minimum Gasteiger partial charge on any atom is -0.393 e. The van der Waals surface area contributed by atoms with Crippen molar-refractivity contribution in [3.05, 3.63) is 0 Å². The van der Waals surface area contributed by atoms with Crippen molar-refractivity contribution in [3.63, 3.8) is 0 Å². The lowest BCUT2D eigenvalue weighted by Gasteiger charge is -2.59. The van der Waals surface area contributed by atoms with Crippen LogP contribution in [-0.2, 0) is 4.74 Å². The van der Waals surface area contributed by atoms with Crippen LogP contribution in [0.5, 0.6) is 0 Å². The van der Waals surface area contributed by atoms with Gasteiger partial charge in [-0.15, -0.1) is 0 Å². The molecule has 3 fully saturated rings. The van der Waals surface area contributed by atoms with Crippen molar-refractivity contribution in [1.29, 1.82) is 0 Å². The Bertz CT molecular complexity index is 351. The lowest BCUT2D eigenvalue weighted by Crippen LogP contribution is -2.58. The van der Waals surface area contributed by atoms with Crippen LogP contribution in [0.4, 0.5) is 0 Å². The first kappa shape index (κ1) is 12.9. The average molecular weight is 252 g/mol. The second-order valence-electron chi connectivity index (χ2n) is 8.10. The van der Waals surface area contributed by atoms with Gasteiger partial charge in [0.1, 0.15) is 0 Å². The summed E-state index contributed by atoms with van der Waals surface area (Å²) in [6.07, 6.45) is 6.67. The summed E-state index contributed by atoms with van der Waals surface area (Å²) >= 11 is 0. The number of methoxy groups -OCH3 is 1. The van der Waals surface area contributed by atoms with Gasteiger partial charge in [-0.1, -0.05) is 20.8 Å². The zero-order chi connectivity index (χ0) is 13.2. The summed E-state index contributed by atoms with van der Waals surface area (Å²) in [6.45, 7) is 7.10. The highest BCUT2D eigenvalue weighted by Gasteiger charge is 2.62. The van der Waals surface area contributed by atoms with Crippen LogP contribution in [0, 0.1) is 22.7 Å². The Morgan fingerprint density at radius 1 is 1.06 bits per heavy atom. The van der Waals surface area contributed by atoms with Crippen LogP contribution in [0.25, 0.3) is 0 Å². The number of rotatable bonds is 1. The third-order valence-electron chi connectivity index (χ3n) is 6.69. The first-order valence-corrected chi connectivity index (χ1v) is 7.56. The fourth-order valence-electron chi connectivity index (χ4n) is 5.39. The monoisotopic (exact) mass is 252 g/mol. The molecule has 0 saturated heterocycles. The molecule has 0 aromatic carbocycles. The zero-order valence-electron chi connectivity index (χ0n) is 12.3. The largest absolute Gasteiger partial charge is 0.393 e. The third-order valence-corrected chi connectivity index (χ3v) is 6.69. The highest BCUT2D eigenvalue weighted by molar-refractivity contribution is 5.12. The van der Waals surface area contributed by atoms with E-state index in [1.54, 1.807) is 0 Å². The molecule has 0 amide bonds. The summed E-state index contributed by atoms with van der Waals surface area (Å²) in [5.41, 5.74) is 0.626. The van der Waals surface area contributed by atoms with Crippen LogP contribution < -0.4 is 0 Å². The molecule has 5 atom stereocenters. The molecule has 0 aromatic rings. The molecule has 1 N–H and O–H groups in total. The van der Waals surface area contributed by atoms with Crippen molar-refractivity contribution < 1.29 is 9.84 Å². The van der Waals surface area contributed by atoms with E-state index in [1.807, 2.05) is 7.11 Å². The summed E-state index contributed by atoms with van der Waals surface area (Å²) in [6, 6.07) is 0. The van der Waals surface area contributed by atoms with Gasteiger partial charge in [0.05, 0.1) is 11.7 Å². The Balaban J connectivity index is 1.96. The molecule has 3 rings (SSSR count). The van der Waals surface area contributed by atoms with E-state index in [4.69, 9.17) is 4.74 Å². The standard InChI is InChI=1S/C16H28O2/c1-14(2)9-12-11(14)5-7-15(3)10-16(12,18-4)8-6-13(15)17/h11-13,17H,5-10H2,1-4H3. The molecule has 0 spiro atoms. The van der Waals surface area contributed by atoms with Crippen molar-refractivity contribution in [1.82, 2.24) is 0 Å². The second-order valence-corrected chi connectivity index (χ2v) is 8.10. The molecule has 0 heterocycles. The molecule has 0 radical (unpaired) electrons. The fraction of sp³-hybridized carbons (Fsp3) is 1.00. The van der Waals surface area contributed by atoms with E-state index >= 15 is 0 Å². The van der Waals surface area contributed by atoms with Crippen LogP contribution in [0.15, 0.2) is 0 Å². The topological polar surface area (TPSA) is 29.5 Å². The second kappa shape index (κ2) is 3.73. The maximum Gasteiger partial charge on any atom is 0.0716 e. The molecule has 3 saturated carbocycles. The smallest absolute Gasteiger partial charge is 0.0716 e. The molecule has 2 bridgehead atoms. The fourth-order valence-corrected chi connectivity index (χ4v) is 5.39. The summed E-state index contributed by atoms with van der Waals surface area (Å²) in [5.74, 6) is 1.52. The van der Waals surface area contributed by atoms with Gasteiger partial charge in [0.15, 0.2) is 0 Å². The van der Waals surface area contributed by atoms with Crippen molar-refractivity contribution in [2.75, 3.05) is 7.11 Å². The van der Waals surface area contributed by atoms with Crippen molar-refractivity contribution in [3.8, 4) is 0 Å². The minimum absolute atomic E-state index is 0.0602. The van der Waals surface area contributed by atoms with E-state index in [9.17, 15) is 5.11 Å². The summed E-state index contributed by atoms with van der Waals surface area (Å²) in [5, 5.41) is 10.4. The minimum atomic E-state index is -0.124. The Morgan fingerprint density at radius 3 is 2.39 bits per heavy atom. The predicted molar refractivity (Wildman–Crippen MR) is 72.3 cm³/mol. The Labute approximate surface area is 111 Å². The normalized spacial score (nSPS) is 54.2. The molecule has 3 aliphatic carbocycles. The van der Waals surface area contributed by atoms with E-state index < -0.39 is 0 Å². The molecule has 2 nitrogen and oxygen atoms in total. The van der Waals surface area contributed by atoms with E-state index in [-0.39, 0.29) is 17.1 Å². The van der Waals surface area contributed by atoms with Gasteiger partial charge in [0.25, 0.3) is 0 Å². The number of hydrogen-bond donors (Lipinski definition) is 1. The van der Waals surface area contributed by atoms with Gasteiger partial charge in [-0.2, -0.15) is 0 Å². The zero-order valence-corrected chi connectivity index (χ0v) is 12.3. The van der Waals surface area contributed by atoms with Crippen LogP contribution in [0.3, 0.4) is 0 Å². The van der Waals surface area contributed by atoms with Gasteiger partial charge in [-0.3, -0.25) is 0 Å².